The van der Waals surface area contributed by atoms with Gasteiger partial charge in [-0.3, -0.25) is 0 Å². The van der Waals surface area contributed by atoms with Crippen LogP contribution >= 0.6 is 0 Å². The van der Waals surface area contributed by atoms with Crippen molar-refractivity contribution in [1.29, 1.82) is 0 Å². The van der Waals surface area contributed by atoms with Gasteiger partial charge in [0.15, 0.2) is 5.84 Å². The Hall–Kier alpha value is -7.30. The second-order valence-electron chi connectivity index (χ2n) is 14.2. The molecule has 0 radical (unpaired) electrons. The van der Waals surface area contributed by atoms with Crippen LogP contribution in [-0.4, -0.2) is 11.7 Å². The SMILES string of the molecule is c1ccc(-c2cccc(C3=NC(c4ccc5c(c4)oc4ccc(-c6ccc7c8ccccc8c8ccccc8c7c6)cc45)=NC(c4ccccc4)N3)c2)cc1. The molecule has 55 heavy (non-hydrogen) atoms. The van der Waals surface area contributed by atoms with Crippen molar-refractivity contribution in [1.82, 2.24) is 5.32 Å². The van der Waals surface area contributed by atoms with Gasteiger partial charge < -0.3 is 9.73 Å². The van der Waals surface area contributed by atoms with Gasteiger partial charge in [0.2, 0.25) is 0 Å². The molecule has 1 unspecified atom stereocenters. The number of hydrogen-bond acceptors (Lipinski definition) is 4. The molecule has 0 saturated carbocycles. The molecule has 1 N–H and O–H groups in total. The Morgan fingerprint density at radius 2 is 0.909 bits per heavy atom. The molecule has 0 bridgehead atoms. The van der Waals surface area contributed by atoms with E-state index in [0.717, 1.165) is 61.2 Å². The summed E-state index contributed by atoms with van der Waals surface area (Å²) in [5, 5.41) is 13.4. The van der Waals surface area contributed by atoms with Crippen LogP contribution in [0, 0.1) is 0 Å². The number of nitrogens with one attached hydrogen (secondary N) is 1. The maximum atomic E-state index is 6.52. The summed E-state index contributed by atoms with van der Waals surface area (Å²) < 4.78 is 6.52. The summed E-state index contributed by atoms with van der Waals surface area (Å²) in [6.45, 7) is 0. The Balaban J connectivity index is 0.998. The minimum atomic E-state index is -0.296. The highest BCUT2D eigenvalue weighted by atomic mass is 16.3. The summed E-state index contributed by atoms with van der Waals surface area (Å²) in [5.74, 6) is 1.44. The molecular weight excluding hydrogens is 671 g/mol. The van der Waals surface area contributed by atoms with E-state index in [-0.39, 0.29) is 6.17 Å². The molecule has 0 aliphatic carbocycles. The lowest BCUT2D eigenvalue weighted by atomic mass is 9.92. The first-order valence-corrected chi connectivity index (χ1v) is 18.7. The van der Waals surface area contributed by atoms with Gasteiger partial charge in [-0.1, -0.05) is 152 Å². The molecule has 1 aliphatic rings. The van der Waals surface area contributed by atoms with Gasteiger partial charge in [-0.15, -0.1) is 0 Å². The lowest BCUT2D eigenvalue weighted by Gasteiger charge is -2.24. The minimum absolute atomic E-state index is 0.296. The van der Waals surface area contributed by atoms with Crippen molar-refractivity contribution in [3.8, 4) is 22.3 Å². The van der Waals surface area contributed by atoms with Crippen molar-refractivity contribution in [3.63, 3.8) is 0 Å². The van der Waals surface area contributed by atoms with Crippen LogP contribution < -0.4 is 5.32 Å². The molecule has 258 valence electrons. The molecule has 1 atom stereocenters. The summed E-state index contributed by atoms with van der Waals surface area (Å²) in [7, 11) is 0. The fraction of sp³-hybridized carbons (Fsp3) is 0.0196. The van der Waals surface area contributed by atoms with E-state index in [2.05, 4.69) is 169 Å². The number of aliphatic imine (C=N–C) groups is 2. The first-order chi connectivity index (χ1) is 27.2. The predicted octanol–water partition coefficient (Wildman–Crippen LogP) is 12.9. The Morgan fingerprint density at radius 1 is 0.364 bits per heavy atom. The summed E-state index contributed by atoms with van der Waals surface area (Å²) in [6.07, 6.45) is -0.296. The number of hydrogen-bond donors (Lipinski definition) is 1. The third-order valence-electron chi connectivity index (χ3n) is 10.9. The third kappa shape index (κ3) is 5.38. The molecular formula is C51H33N3O. The minimum Gasteiger partial charge on any atom is -0.456 e. The lowest BCUT2D eigenvalue weighted by molar-refractivity contribution is 0.667. The average Bonchev–Trinajstić information content (AvgIpc) is 3.64. The molecule has 4 heteroatoms. The molecule has 1 aromatic heterocycles. The fourth-order valence-corrected chi connectivity index (χ4v) is 8.19. The van der Waals surface area contributed by atoms with Crippen LogP contribution in [0.2, 0.25) is 0 Å². The zero-order valence-corrected chi connectivity index (χ0v) is 29.8. The quantitative estimate of drug-likeness (QED) is 0.181. The van der Waals surface area contributed by atoms with Gasteiger partial charge in [0.25, 0.3) is 0 Å². The van der Waals surface area contributed by atoms with Crippen LogP contribution in [0.4, 0.5) is 0 Å². The van der Waals surface area contributed by atoms with Gasteiger partial charge in [-0.25, -0.2) is 9.98 Å². The zero-order valence-electron chi connectivity index (χ0n) is 29.8. The highest BCUT2D eigenvalue weighted by molar-refractivity contribution is 6.26. The number of fused-ring (bicyclic) bond motifs is 9. The van der Waals surface area contributed by atoms with E-state index in [4.69, 9.17) is 14.4 Å². The molecule has 9 aromatic carbocycles. The first kappa shape index (κ1) is 31.2. The Morgan fingerprint density at radius 3 is 1.65 bits per heavy atom. The van der Waals surface area contributed by atoms with Gasteiger partial charge in [-0.2, -0.15) is 0 Å². The average molecular weight is 704 g/mol. The van der Waals surface area contributed by atoms with Gasteiger partial charge in [-0.05, 0) is 96.5 Å². The topological polar surface area (TPSA) is 49.9 Å². The monoisotopic (exact) mass is 703 g/mol. The number of amidine groups is 2. The van der Waals surface area contributed by atoms with Crippen LogP contribution in [0.3, 0.4) is 0 Å². The predicted molar refractivity (Wildman–Crippen MR) is 229 cm³/mol. The second kappa shape index (κ2) is 12.7. The molecule has 0 saturated heterocycles. The molecule has 11 rings (SSSR count). The number of furan rings is 1. The molecule has 10 aromatic rings. The number of rotatable bonds is 5. The van der Waals surface area contributed by atoms with Gasteiger partial charge in [0, 0.05) is 21.9 Å². The zero-order chi connectivity index (χ0) is 36.3. The molecule has 0 fully saturated rings. The third-order valence-corrected chi connectivity index (χ3v) is 10.9. The van der Waals surface area contributed by atoms with E-state index >= 15 is 0 Å². The summed E-state index contributed by atoms with van der Waals surface area (Å²) in [6, 6.07) is 66.4. The number of nitrogens with zero attached hydrogens (tertiary/aromatic N) is 2. The largest absolute Gasteiger partial charge is 0.456 e. The Bertz CT molecular complexity index is 3140. The van der Waals surface area contributed by atoms with Gasteiger partial charge in [0.1, 0.15) is 23.2 Å². The lowest BCUT2D eigenvalue weighted by Crippen LogP contribution is -2.33. The highest BCUT2D eigenvalue weighted by Gasteiger charge is 2.22. The summed E-state index contributed by atoms with van der Waals surface area (Å²) in [5.41, 5.74) is 9.26. The van der Waals surface area contributed by atoms with Crippen LogP contribution in [0.25, 0.3) is 76.5 Å². The smallest absolute Gasteiger partial charge is 0.159 e. The van der Waals surface area contributed by atoms with E-state index in [1.807, 2.05) is 24.3 Å². The molecule has 2 heterocycles. The second-order valence-corrected chi connectivity index (χ2v) is 14.2. The highest BCUT2D eigenvalue weighted by Crippen LogP contribution is 2.39. The van der Waals surface area contributed by atoms with Crippen molar-refractivity contribution in [2.75, 3.05) is 0 Å². The number of benzene rings is 9. The van der Waals surface area contributed by atoms with E-state index in [1.54, 1.807) is 0 Å². The molecule has 0 amide bonds. The van der Waals surface area contributed by atoms with Crippen molar-refractivity contribution in [3.05, 3.63) is 205 Å². The van der Waals surface area contributed by atoms with Crippen molar-refractivity contribution in [2.45, 2.75) is 6.17 Å². The van der Waals surface area contributed by atoms with E-state index < -0.39 is 0 Å². The maximum Gasteiger partial charge on any atom is 0.159 e. The normalized spacial score (nSPS) is 14.4. The standard InChI is InChI=1S/C51H33N3O/c1-3-12-32(13-4-1)34-16-11-17-37(28-34)50-52-49(33-14-5-2-6-15-33)53-51(54-50)38-23-26-44-46-30-36(24-27-47(46)55-48(44)31-38)35-22-25-43-41-20-8-7-18-39(41)40-19-9-10-21-42(40)45(43)29-35/h1-31,49H,(H,52,53,54). The van der Waals surface area contributed by atoms with Gasteiger partial charge in [0.05, 0.1) is 0 Å². The summed E-state index contributed by atoms with van der Waals surface area (Å²) >= 11 is 0. The van der Waals surface area contributed by atoms with Crippen LogP contribution in [0.1, 0.15) is 22.9 Å². The van der Waals surface area contributed by atoms with E-state index in [0.29, 0.717) is 5.84 Å². The molecule has 4 nitrogen and oxygen atoms in total. The van der Waals surface area contributed by atoms with Gasteiger partial charge >= 0.3 is 0 Å². The van der Waals surface area contributed by atoms with Crippen LogP contribution in [0.5, 0.6) is 0 Å². The molecule has 1 aliphatic heterocycles. The van der Waals surface area contributed by atoms with Crippen molar-refractivity contribution in [2.24, 2.45) is 9.98 Å². The Labute approximate surface area is 317 Å². The fourth-order valence-electron chi connectivity index (χ4n) is 8.19. The summed E-state index contributed by atoms with van der Waals surface area (Å²) in [4.78, 5) is 10.3. The van der Waals surface area contributed by atoms with E-state index in [9.17, 15) is 0 Å². The molecule has 0 spiro atoms. The van der Waals surface area contributed by atoms with Crippen LogP contribution in [-0.2, 0) is 0 Å². The first-order valence-electron chi connectivity index (χ1n) is 18.7. The van der Waals surface area contributed by atoms with Crippen LogP contribution in [0.15, 0.2) is 202 Å². The Kier molecular flexibility index (Phi) is 7.20. The van der Waals surface area contributed by atoms with E-state index in [1.165, 1.54) is 37.9 Å². The van der Waals surface area contributed by atoms with Crippen molar-refractivity contribution >= 4 is 65.9 Å². The maximum absolute atomic E-state index is 6.52. The van der Waals surface area contributed by atoms with Crippen molar-refractivity contribution < 1.29 is 4.42 Å².